The second kappa shape index (κ2) is 6.69. The molecule has 0 spiro atoms. The molecule has 8 nitrogen and oxygen atoms in total. The molecule has 0 unspecified atom stereocenters. The summed E-state index contributed by atoms with van der Waals surface area (Å²) in [4.78, 5) is 0.107. The molecular weight excluding hydrogens is 380 g/mol. The zero-order valence-electron chi connectivity index (χ0n) is 14.1. The van der Waals surface area contributed by atoms with E-state index >= 15 is 0 Å². The lowest BCUT2D eigenvalue weighted by atomic mass is 10.2. The van der Waals surface area contributed by atoms with Crippen LogP contribution in [-0.4, -0.2) is 36.8 Å². The van der Waals surface area contributed by atoms with Crippen molar-refractivity contribution in [1.29, 1.82) is 0 Å². The number of benzene rings is 2. The Kier molecular flexibility index (Phi) is 4.72. The van der Waals surface area contributed by atoms with Crippen LogP contribution in [0.3, 0.4) is 0 Å². The molecule has 0 saturated heterocycles. The minimum absolute atomic E-state index is 0.107. The van der Waals surface area contributed by atoms with Gasteiger partial charge in [0.2, 0.25) is 10.0 Å². The summed E-state index contributed by atoms with van der Waals surface area (Å²) in [5.41, 5.74) is 1.17. The number of hydrogen-bond acceptors (Lipinski definition) is 6. The third kappa shape index (κ3) is 4.02. The van der Waals surface area contributed by atoms with E-state index < -0.39 is 20.0 Å². The van der Waals surface area contributed by atoms with Crippen molar-refractivity contribution in [2.75, 3.05) is 29.4 Å². The van der Waals surface area contributed by atoms with Crippen molar-refractivity contribution in [1.82, 2.24) is 0 Å². The highest BCUT2D eigenvalue weighted by Gasteiger charge is 2.20. The Bertz CT molecular complexity index is 1050. The van der Waals surface area contributed by atoms with Gasteiger partial charge in [-0.05, 0) is 42.0 Å². The van der Waals surface area contributed by atoms with Crippen molar-refractivity contribution >= 4 is 31.4 Å². The van der Waals surface area contributed by atoms with Crippen LogP contribution in [0, 0.1) is 0 Å². The van der Waals surface area contributed by atoms with E-state index in [9.17, 15) is 16.8 Å². The van der Waals surface area contributed by atoms with Crippen LogP contribution in [0.2, 0.25) is 0 Å². The summed E-state index contributed by atoms with van der Waals surface area (Å²) in [6.07, 6.45) is 1.65. The van der Waals surface area contributed by atoms with Crippen LogP contribution in [0.15, 0.2) is 41.3 Å². The zero-order chi connectivity index (χ0) is 18.9. The van der Waals surface area contributed by atoms with Crippen LogP contribution in [0.25, 0.3) is 0 Å². The predicted molar refractivity (Wildman–Crippen MR) is 97.9 cm³/mol. The van der Waals surface area contributed by atoms with Crippen LogP contribution < -0.4 is 18.9 Å². The number of hydrogen-bond donors (Lipinski definition) is 2. The molecule has 0 fully saturated rings. The minimum Gasteiger partial charge on any atom is -0.495 e. The van der Waals surface area contributed by atoms with Crippen LogP contribution in [-0.2, 0) is 26.5 Å². The van der Waals surface area contributed by atoms with Crippen LogP contribution in [0.4, 0.5) is 11.4 Å². The quantitative estimate of drug-likeness (QED) is 0.768. The predicted octanol–water partition coefficient (Wildman–Crippen LogP) is 1.80. The smallest absolute Gasteiger partial charge is 0.261 e. The van der Waals surface area contributed by atoms with E-state index in [-0.39, 0.29) is 22.0 Å². The van der Waals surface area contributed by atoms with Crippen LogP contribution >= 0.6 is 0 Å². The number of ether oxygens (including phenoxy) is 2. The Morgan fingerprint density at radius 3 is 2.50 bits per heavy atom. The summed E-state index contributed by atoms with van der Waals surface area (Å²) in [7, 11) is -6.00. The highest BCUT2D eigenvalue weighted by atomic mass is 32.2. The normalized spacial score (nSPS) is 13.6. The molecule has 10 heteroatoms. The Hall–Kier alpha value is -2.46. The Morgan fingerprint density at radius 1 is 1.04 bits per heavy atom. The first-order valence-electron chi connectivity index (χ1n) is 7.62. The highest BCUT2D eigenvalue weighted by molar-refractivity contribution is 7.92. The lowest BCUT2D eigenvalue weighted by Gasteiger charge is -2.13. The summed E-state index contributed by atoms with van der Waals surface area (Å²) in [6.45, 7) is 0.533. The molecule has 3 rings (SSSR count). The fraction of sp³-hybridized carbons (Fsp3) is 0.250. The van der Waals surface area contributed by atoms with E-state index in [2.05, 4.69) is 9.44 Å². The Morgan fingerprint density at radius 2 is 1.81 bits per heavy atom. The summed E-state index contributed by atoms with van der Waals surface area (Å²) in [6, 6.07) is 8.98. The molecule has 1 heterocycles. The van der Waals surface area contributed by atoms with Crippen molar-refractivity contribution in [3.63, 3.8) is 0 Å². The van der Waals surface area contributed by atoms with E-state index in [1.807, 2.05) is 0 Å². The monoisotopic (exact) mass is 398 g/mol. The molecular formula is C16H18N2O6S2. The number of methoxy groups -OCH3 is 1. The van der Waals surface area contributed by atoms with Crippen LogP contribution in [0.1, 0.15) is 5.56 Å². The first kappa shape index (κ1) is 18.3. The summed E-state index contributed by atoms with van der Waals surface area (Å²) in [5.74, 6) is 0.959. The van der Waals surface area contributed by atoms with E-state index in [4.69, 9.17) is 9.47 Å². The fourth-order valence-corrected chi connectivity index (χ4v) is 4.25. The Labute approximate surface area is 152 Å². The number of fused-ring (bicyclic) bond motifs is 1. The van der Waals surface area contributed by atoms with Crippen molar-refractivity contribution in [2.24, 2.45) is 0 Å². The lowest BCUT2D eigenvalue weighted by molar-refractivity contribution is 0.356. The third-order valence-electron chi connectivity index (χ3n) is 3.72. The lowest BCUT2D eigenvalue weighted by Crippen LogP contribution is -2.14. The Balaban J connectivity index is 1.91. The SMILES string of the molecule is COc1ccc(NS(=O)(=O)c2ccc3c(c2)CCO3)cc1NS(C)(=O)=O. The van der Waals surface area contributed by atoms with Gasteiger partial charge in [0.1, 0.15) is 11.5 Å². The molecule has 0 aliphatic carbocycles. The van der Waals surface area contributed by atoms with Gasteiger partial charge in [-0.2, -0.15) is 0 Å². The van der Waals surface area contributed by atoms with Gasteiger partial charge in [-0.25, -0.2) is 16.8 Å². The first-order valence-corrected chi connectivity index (χ1v) is 11.0. The molecule has 140 valence electrons. The van der Waals surface area contributed by atoms with E-state index in [0.717, 1.165) is 11.8 Å². The molecule has 0 amide bonds. The zero-order valence-corrected chi connectivity index (χ0v) is 15.8. The largest absolute Gasteiger partial charge is 0.495 e. The van der Waals surface area contributed by atoms with Gasteiger partial charge in [0.25, 0.3) is 10.0 Å². The van der Waals surface area contributed by atoms with Gasteiger partial charge >= 0.3 is 0 Å². The third-order valence-corrected chi connectivity index (χ3v) is 5.69. The second-order valence-electron chi connectivity index (χ2n) is 5.76. The molecule has 0 radical (unpaired) electrons. The molecule has 0 atom stereocenters. The summed E-state index contributed by atoms with van der Waals surface area (Å²) < 4.78 is 63.4. The first-order chi connectivity index (χ1) is 12.2. The highest BCUT2D eigenvalue weighted by Crippen LogP contribution is 2.31. The second-order valence-corrected chi connectivity index (χ2v) is 9.19. The summed E-state index contributed by atoms with van der Waals surface area (Å²) >= 11 is 0. The van der Waals surface area contributed by atoms with Crippen LogP contribution in [0.5, 0.6) is 11.5 Å². The number of nitrogens with one attached hydrogen (secondary N) is 2. The minimum atomic E-state index is -3.84. The molecule has 0 aromatic heterocycles. The molecule has 2 aromatic carbocycles. The standard InChI is InChI=1S/C16H18N2O6S2/c1-23-16-5-3-12(10-14(16)18-25(2,19)20)17-26(21,22)13-4-6-15-11(9-13)7-8-24-15/h3-6,9-10,17-18H,7-8H2,1-2H3. The topological polar surface area (TPSA) is 111 Å². The van der Waals surface area contributed by atoms with Gasteiger partial charge < -0.3 is 9.47 Å². The maximum Gasteiger partial charge on any atom is 0.261 e. The number of anilines is 2. The van der Waals surface area contributed by atoms with Crippen molar-refractivity contribution < 1.29 is 26.3 Å². The average molecular weight is 398 g/mol. The van der Waals surface area contributed by atoms with Gasteiger partial charge in [0, 0.05) is 6.42 Å². The van der Waals surface area contributed by atoms with E-state index in [1.54, 1.807) is 12.1 Å². The number of sulfonamides is 2. The van der Waals surface area contributed by atoms with Crippen molar-refractivity contribution in [3.8, 4) is 11.5 Å². The van der Waals surface area contributed by atoms with E-state index in [1.165, 1.54) is 31.4 Å². The average Bonchev–Trinajstić information content (AvgIpc) is 3.01. The van der Waals surface area contributed by atoms with E-state index in [0.29, 0.717) is 18.8 Å². The number of rotatable bonds is 6. The fourth-order valence-electron chi connectivity index (χ4n) is 2.60. The van der Waals surface area contributed by atoms with Crippen molar-refractivity contribution in [3.05, 3.63) is 42.0 Å². The molecule has 0 bridgehead atoms. The molecule has 26 heavy (non-hydrogen) atoms. The molecule has 2 aromatic rings. The van der Waals surface area contributed by atoms with Gasteiger partial charge in [-0.15, -0.1) is 0 Å². The van der Waals surface area contributed by atoms with Gasteiger partial charge in [0.15, 0.2) is 0 Å². The van der Waals surface area contributed by atoms with Gasteiger partial charge in [0.05, 0.1) is 36.2 Å². The van der Waals surface area contributed by atoms with Gasteiger partial charge in [-0.3, -0.25) is 9.44 Å². The van der Waals surface area contributed by atoms with Crippen molar-refractivity contribution in [2.45, 2.75) is 11.3 Å². The van der Waals surface area contributed by atoms with Gasteiger partial charge in [-0.1, -0.05) is 0 Å². The molecule has 2 N–H and O–H groups in total. The maximum atomic E-state index is 12.6. The molecule has 1 aliphatic heterocycles. The molecule has 0 saturated carbocycles. The maximum absolute atomic E-state index is 12.6. The summed E-state index contributed by atoms with van der Waals surface area (Å²) in [5, 5.41) is 0. The molecule has 1 aliphatic rings.